The fourth-order valence-electron chi connectivity index (χ4n) is 1.81. The highest BCUT2D eigenvalue weighted by atomic mass is 16.4. The summed E-state index contributed by atoms with van der Waals surface area (Å²) >= 11 is 0. The first kappa shape index (κ1) is 13.2. The molecule has 1 heterocycles. The van der Waals surface area contributed by atoms with Gasteiger partial charge in [-0.3, -0.25) is 0 Å². The first-order chi connectivity index (χ1) is 9.16. The molecule has 0 atom stereocenters. The van der Waals surface area contributed by atoms with E-state index in [1.807, 2.05) is 25.1 Å². The highest BCUT2D eigenvalue weighted by molar-refractivity contribution is 5.89. The van der Waals surface area contributed by atoms with E-state index in [1.54, 1.807) is 18.3 Å². The van der Waals surface area contributed by atoms with Crippen LogP contribution in [0, 0.1) is 6.92 Å². The van der Waals surface area contributed by atoms with E-state index in [0.29, 0.717) is 18.7 Å². The van der Waals surface area contributed by atoms with Crippen molar-refractivity contribution in [1.82, 2.24) is 15.3 Å². The van der Waals surface area contributed by atoms with Gasteiger partial charge in [-0.05, 0) is 24.6 Å². The monoisotopic (exact) mass is 257 g/mol. The number of carboxylic acid groups (broad SMARTS) is 1. The van der Waals surface area contributed by atoms with Gasteiger partial charge in [-0.15, -0.1) is 0 Å². The molecular formula is C14H15N3O2. The zero-order valence-corrected chi connectivity index (χ0v) is 10.6. The molecule has 0 aliphatic rings. The van der Waals surface area contributed by atoms with E-state index in [1.165, 1.54) is 0 Å². The summed E-state index contributed by atoms with van der Waals surface area (Å²) in [6, 6.07) is 8.80. The lowest BCUT2D eigenvalue weighted by molar-refractivity contribution is 0.0695. The lowest BCUT2D eigenvalue weighted by Crippen LogP contribution is -2.16. The number of carbonyl (C=O) groups is 1. The highest BCUT2D eigenvalue weighted by Gasteiger charge is 2.08. The van der Waals surface area contributed by atoms with Gasteiger partial charge < -0.3 is 10.4 Å². The minimum atomic E-state index is -0.907. The van der Waals surface area contributed by atoms with E-state index in [9.17, 15) is 4.79 Å². The van der Waals surface area contributed by atoms with Gasteiger partial charge in [0.15, 0.2) is 0 Å². The molecule has 2 rings (SSSR count). The topological polar surface area (TPSA) is 75.1 Å². The molecule has 5 heteroatoms. The highest BCUT2D eigenvalue weighted by Crippen LogP contribution is 2.08. The molecule has 0 radical (unpaired) electrons. The molecule has 98 valence electrons. The van der Waals surface area contributed by atoms with Gasteiger partial charge >= 0.3 is 5.97 Å². The number of hydrogen-bond donors (Lipinski definition) is 2. The predicted molar refractivity (Wildman–Crippen MR) is 70.7 cm³/mol. The van der Waals surface area contributed by atoms with E-state index in [0.717, 1.165) is 17.1 Å². The molecule has 0 saturated heterocycles. The van der Waals surface area contributed by atoms with Crippen molar-refractivity contribution in [3.8, 4) is 0 Å². The summed E-state index contributed by atoms with van der Waals surface area (Å²) in [5.74, 6) is -0.180. The number of hydrogen-bond acceptors (Lipinski definition) is 4. The number of benzene rings is 1. The van der Waals surface area contributed by atoms with Gasteiger partial charge in [-0.25, -0.2) is 14.8 Å². The summed E-state index contributed by atoms with van der Waals surface area (Å²) in [6.07, 6.45) is 1.71. The van der Waals surface area contributed by atoms with Crippen LogP contribution in [-0.4, -0.2) is 21.0 Å². The van der Waals surface area contributed by atoms with E-state index < -0.39 is 5.97 Å². The molecular weight excluding hydrogens is 242 g/mol. The maximum Gasteiger partial charge on any atom is 0.336 e. The Morgan fingerprint density at radius 3 is 2.79 bits per heavy atom. The zero-order valence-electron chi connectivity index (χ0n) is 10.6. The van der Waals surface area contributed by atoms with Gasteiger partial charge in [-0.1, -0.05) is 18.2 Å². The molecule has 0 fully saturated rings. The molecule has 0 bridgehead atoms. The molecule has 0 amide bonds. The summed E-state index contributed by atoms with van der Waals surface area (Å²) in [7, 11) is 0. The van der Waals surface area contributed by atoms with Gasteiger partial charge in [0.05, 0.1) is 11.3 Å². The van der Waals surface area contributed by atoms with Gasteiger partial charge in [0.1, 0.15) is 5.82 Å². The average Bonchev–Trinajstić information content (AvgIpc) is 2.39. The summed E-state index contributed by atoms with van der Waals surface area (Å²) in [5, 5.41) is 12.3. The van der Waals surface area contributed by atoms with Crippen LogP contribution in [0.5, 0.6) is 0 Å². The molecule has 1 aromatic carbocycles. The van der Waals surface area contributed by atoms with Gasteiger partial charge in [0.25, 0.3) is 0 Å². The quantitative estimate of drug-likeness (QED) is 0.853. The maximum absolute atomic E-state index is 11.1. The normalized spacial score (nSPS) is 10.4. The van der Waals surface area contributed by atoms with Crippen LogP contribution in [-0.2, 0) is 13.1 Å². The van der Waals surface area contributed by atoms with Crippen LogP contribution in [0.1, 0.15) is 27.4 Å². The second-order valence-electron chi connectivity index (χ2n) is 4.16. The third kappa shape index (κ3) is 3.59. The van der Waals surface area contributed by atoms with E-state index in [-0.39, 0.29) is 0 Å². The smallest absolute Gasteiger partial charge is 0.336 e. The lowest BCUT2D eigenvalue weighted by atomic mass is 10.1. The molecule has 0 spiro atoms. The fourth-order valence-corrected chi connectivity index (χ4v) is 1.81. The van der Waals surface area contributed by atoms with Crippen molar-refractivity contribution in [2.24, 2.45) is 0 Å². The summed E-state index contributed by atoms with van der Waals surface area (Å²) < 4.78 is 0. The number of nitrogens with zero attached hydrogens (tertiary/aromatic N) is 2. The van der Waals surface area contributed by atoms with Crippen molar-refractivity contribution in [3.05, 3.63) is 59.2 Å². The Labute approximate surface area is 111 Å². The molecule has 1 aromatic heterocycles. The molecule has 0 saturated carbocycles. The van der Waals surface area contributed by atoms with Crippen LogP contribution in [0.25, 0.3) is 0 Å². The van der Waals surface area contributed by atoms with Crippen molar-refractivity contribution in [2.45, 2.75) is 20.0 Å². The van der Waals surface area contributed by atoms with Crippen molar-refractivity contribution in [2.75, 3.05) is 0 Å². The Kier molecular flexibility index (Phi) is 4.20. The standard InChI is InChI=1S/C14H15N3O2/c1-10-16-7-6-12(17-10)9-15-8-11-4-2-3-5-13(11)14(18)19/h2-7,15H,8-9H2,1H3,(H,18,19). The van der Waals surface area contributed by atoms with Gasteiger partial charge in [0.2, 0.25) is 0 Å². The number of aromatic nitrogens is 2. The minimum absolute atomic E-state index is 0.328. The number of aryl methyl sites for hydroxylation is 1. The number of rotatable bonds is 5. The van der Waals surface area contributed by atoms with Crippen LogP contribution in [0.2, 0.25) is 0 Å². The largest absolute Gasteiger partial charge is 0.478 e. The third-order valence-electron chi connectivity index (χ3n) is 2.70. The number of aromatic carboxylic acids is 1. The van der Waals surface area contributed by atoms with Crippen molar-refractivity contribution < 1.29 is 9.90 Å². The molecule has 0 unspecified atom stereocenters. The third-order valence-corrected chi connectivity index (χ3v) is 2.70. The van der Waals surface area contributed by atoms with Crippen LogP contribution in [0.4, 0.5) is 0 Å². The molecule has 5 nitrogen and oxygen atoms in total. The molecule has 19 heavy (non-hydrogen) atoms. The van der Waals surface area contributed by atoms with E-state index in [2.05, 4.69) is 15.3 Å². The number of nitrogens with one attached hydrogen (secondary N) is 1. The Morgan fingerprint density at radius 2 is 2.05 bits per heavy atom. The summed E-state index contributed by atoms with van der Waals surface area (Å²) in [5.41, 5.74) is 1.98. The Bertz CT molecular complexity index is 584. The van der Waals surface area contributed by atoms with Crippen LogP contribution in [0.15, 0.2) is 36.5 Å². The molecule has 0 aliphatic carbocycles. The second kappa shape index (κ2) is 6.06. The maximum atomic E-state index is 11.1. The minimum Gasteiger partial charge on any atom is -0.478 e. The molecule has 0 aliphatic heterocycles. The lowest BCUT2D eigenvalue weighted by Gasteiger charge is -2.07. The van der Waals surface area contributed by atoms with Crippen LogP contribution in [0.3, 0.4) is 0 Å². The van der Waals surface area contributed by atoms with E-state index >= 15 is 0 Å². The Hall–Kier alpha value is -2.27. The van der Waals surface area contributed by atoms with Crippen LogP contribution < -0.4 is 5.32 Å². The van der Waals surface area contributed by atoms with Gasteiger partial charge in [-0.2, -0.15) is 0 Å². The van der Waals surface area contributed by atoms with Crippen molar-refractivity contribution in [1.29, 1.82) is 0 Å². The summed E-state index contributed by atoms with van der Waals surface area (Å²) in [4.78, 5) is 19.3. The fraction of sp³-hybridized carbons (Fsp3) is 0.214. The zero-order chi connectivity index (χ0) is 13.7. The van der Waals surface area contributed by atoms with Crippen LogP contribution >= 0.6 is 0 Å². The first-order valence-electron chi connectivity index (χ1n) is 5.97. The second-order valence-corrected chi connectivity index (χ2v) is 4.16. The van der Waals surface area contributed by atoms with Gasteiger partial charge in [0, 0.05) is 19.3 Å². The molecule has 2 N–H and O–H groups in total. The Morgan fingerprint density at radius 1 is 1.26 bits per heavy atom. The summed E-state index contributed by atoms with van der Waals surface area (Å²) in [6.45, 7) is 2.91. The first-order valence-corrected chi connectivity index (χ1v) is 5.97. The molecule has 2 aromatic rings. The average molecular weight is 257 g/mol. The number of carboxylic acids is 1. The SMILES string of the molecule is Cc1nccc(CNCc2ccccc2C(=O)O)n1. The van der Waals surface area contributed by atoms with Crippen molar-refractivity contribution in [3.63, 3.8) is 0 Å². The van der Waals surface area contributed by atoms with Crippen molar-refractivity contribution >= 4 is 5.97 Å². The van der Waals surface area contributed by atoms with E-state index in [4.69, 9.17) is 5.11 Å². The predicted octanol–water partition coefficient (Wildman–Crippen LogP) is 1.77. The Balaban J connectivity index is 1.98.